The summed E-state index contributed by atoms with van der Waals surface area (Å²) in [5, 5.41) is 0. The normalized spacial score (nSPS) is 17.8. The molecular weight excluding hydrogens is 298 g/mol. The van der Waals surface area contributed by atoms with Crippen molar-refractivity contribution in [3.8, 4) is 0 Å². The Bertz CT molecular complexity index is 912. The average molecular weight is 319 g/mol. The third-order valence-electron chi connectivity index (χ3n) is 4.98. The minimum absolute atomic E-state index is 0.166. The van der Waals surface area contributed by atoms with Gasteiger partial charge in [-0.15, -0.1) is 0 Å². The number of imidazole rings is 1. The molecule has 24 heavy (non-hydrogen) atoms. The molecule has 4 heteroatoms. The van der Waals surface area contributed by atoms with Crippen molar-refractivity contribution >= 4 is 16.9 Å². The molecule has 4 nitrogen and oxygen atoms in total. The van der Waals surface area contributed by atoms with Crippen LogP contribution in [0.5, 0.6) is 0 Å². The van der Waals surface area contributed by atoms with Crippen LogP contribution in [0.2, 0.25) is 0 Å². The van der Waals surface area contributed by atoms with E-state index in [9.17, 15) is 4.79 Å². The molecule has 0 N–H and O–H groups in total. The maximum absolute atomic E-state index is 12.0. The predicted molar refractivity (Wildman–Crippen MR) is 95.0 cm³/mol. The van der Waals surface area contributed by atoms with Gasteiger partial charge in [0.25, 0.3) is 0 Å². The molecule has 0 aliphatic carbocycles. The van der Waals surface area contributed by atoms with Gasteiger partial charge in [-0.2, -0.15) is 0 Å². The fraction of sp³-hybridized carbons (Fsp3) is 0.300. The fourth-order valence-corrected chi connectivity index (χ4v) is 3.57. The predicted octanol–water partition coefficient (Wildman–Crippen LogP) is 3.34. The molecule has 0 spiro atoms. The van der Waals surface area contributed by atoms with Crippen LogP contribution in [0, 0.1) is 6.92 Å². The standard InChI is InChI=1S/C20H21N3O/c1-14-7-3-4-8-15(14)13-23-18-10-6-5-9-17(18)21-20(23)16-11-19(24)22(2)12-16/h3-10,16H,11-13H2,1-2H3/t16-/m0/s1. The van der Waals surface area contributed by atoms with Crippen molar-refractivity contribution in [1.29, 1.82) is 0 Å². The fourth-order valence-electron chi connectivity index (χ4n) is 3.57. The molecule has 0 bridgehead atoms. The van der Waals surface area contributed by atoms with E-state index in [2.05, 4.69) is 41.8 Å². The first-order valence-corrected chi connectivity index (χ1v) is 8.37. The number of benzene rings is 2. The monoisotopic (exact) mass is 319 g/mol. The molecule has 0 unspecified atom stereocenters. The molecule has 1 saturated heterocycles. The van der Waals surface area contributed by atoms with Crippen molar-refractivity contribution in [3.63, 3.8) is 0 Å². The van der Waals surface area contributed by atoms with Crippen molar-refractivity contribution in [2.75, 3.05) is 13.6 Å². The van der Waals surface area contributed by atoms with E-state index in [0.29, 0.717) is 6.42 Å². The summed E-state index contributed by atoms with van der Waals surface area (Å²) in [5.74, 6) is 1.39. The Hall–Kier alpha value is -2.62. The van der Waals surface area contributed by atoms with Crippen molar-refractivity contribution < 1.29 is 4.79 Å². The molecule has 0 saturated carbocycles. The van der Waals surface area contributed by atoms with Crippen LogP contribution in [0.3, 0.4) is 0 Å². The number of aromatic nitrogens is 2. The Kier molecular flexibility index (Phi) is 3.60. The SMILES string of the molecule is Cc1ccccc1Cn1c([C@H]2CC(=O)N(C)C2)nc2ccccc21. The number of rotatable bonds is 3. The summed E-state index contributed by atoms with van der Waals surface area (Å²) in [6, 6.07) is 16.7. The van der Waals surface area contributed by atoms with Crippen LogP contribution in [0.4, 0.5) is 0 Å². The number of likely N-dealkylation sites (N-methyl/N-ethyl adjacent to an activating group) is 1. The third-order valence-corrected chi connectivity index (χ3v) is 4.98. The van der Waals surface area contributed by atoms with Gasteiger partial charge in [0, 0.05) is 32.5 Å². The van der Waals surface area contributed by atoms with Gasteiger partial charge in [-0.3, -0.25) is 4.79 Å². The second-order valence-corrected chi connectivity index (χ2v) is 6.65. The number of fused-ring (bicyclic) bond motifs is 1. The van der Waals surface area contributed by atoms with Gasteiger partial charge in [0.15, 0.2) is 0 Å². The van der Waals surface area contributed by atoms with Gasteiger partial charge < -0.3 is 9.47 Å². The summed E-state index contributed by atoms with van der Waals surface area (Å²) in [7, 11) is 1.87. The van der Waals surface area contributed by atoms with Crippen LogP contribution in [0.25, 0.3) is 11.0 Å². The molecule has 1 aliphatic heterocycles. The highest BCUT2D eigenvalue weighted by atomic mass is 16.2. The van der Waals surface area contributed by atoms with Crippen LogP contribution < -0.4 is 0 Å². The Balaban J connectivity index is 1.82. The van der Waals surface area contributed by atoms with Gasteiger partial charge in [0.05, 0.1) is 11.0 Å². The summed E-state index contributed by atoms with van der Waals surface area (Å²) < 4.78 is 2.29. The molecule has 1 amide bonds. The molecule has 122 valence electrons. The molecule has 1 aliphatic rings. The zero-order chi connectivity index (χ0) is 16.7. The van der Waals surface area contributed by atoms with Crippen LogP contribution in [-0.2, 0) is 11.3 Å². The van der Waals surface area contributed by atoms with E-state index < -0.39 is 0 Å². The maximum atomic E-state index is 12.0. The second-order valence-electron chi connectivity index (χ2n) is 6.65. The molecule has 4 rings (SSSR count). The number of hydrogen-bond donors (Lipinski definition) is 0. The molecular formula is C20H21N3O. The summed E-state index contributed by atoms with van der Waals surface area (Å²) >= 11 is 0. The second kappa shape index (κ2) is 5.78. The minimum atomic E-state index is 0.166. The number of nitrogens with zero attached hydrogens (tertiary/aromatic N) is 3. The van der Waals surface area contributed by atoms with Gasteiger partial charge in [-0.05, 0) is 30.2 Å². The van der Waals surface area contributed by atoms with Crippen molar-refractivity contribution in [1.82, 2.24) is 14.5 Å². The summed E-state index contributed by atoms with van der Waals surface area (Å²) in [6.07, 6.45) is 0.549. The lowest BCUT2D eigenvalue weighted by atomic mass is 10.1. The summed E-state index contributed by atoms with van der Waals surface area (Å²) in [4.78, 5) is 18.7. The van der Waals surface area contributed by atoms with Crippen molar-refractivity contribution in [2.24, 2.45) is 0 Å². The largest absolute Gasteiger partial charge is 0.345 e. The molecule has 2 aromatic carbocycles. The number of amides is 1. The van der Waals surface area contributed by atoms with Crippen LogP contribution >= 0.6 is 0 Å². The minimum Gasteiger partial charge on any atom is -0.345 e. The Morgan fingerprint density at radius 2 is 1.88 bits per heavy atom. The number of carbonyl (C=O) groups is 1. The molecule has 3 aromatic rings. The van der Waals surface area contributed by atoms with Gasteiger partial charge in [-0.1, -0.05) is 36.4 Å². The topological polar surface area (TPSA) is 38.1 Å². The maximum Gasteiger partial charge on any atom is 0.223 e. The third kappa shape index (κ3) is 2.48. The quantitative estimate of drug-likeness (QED) is 0.742. The van der Waals surface area contributed by atoms with Crippen LogP contribution in [0.15, 0.2) is 48.5 Å². The molecule has 1 atom stereocenters. The number of para-hydroxylation sites is 2. The number of carbonyl (C=O) groups excluding carboxylic acids is 1. The van der Waals surface area contributed by atoms with E-state index in [1.54, 1.807) is 0 Å². The number of hydrogen-bond acceptors (Lipinski definition) is 2. The first kappa shape index (κ1) is 14.9. The Morgan fingerprint density at radius 3 is 2.62 bits per heavy atom. The first-order valence-electron chi connectivity index (χ1n) is 8.37. The van der Waals surface area contributed by atoms with E-state index in [0.717, 1.165) is 29.9 Å². The lowest BCUT2D eigenvalue weighted by molar-refractivity contribution is -0.126. The summed E-state index contributed by atoms with van der Waals surface area (Å²) in [5.41, 5.74) is 4.71. The smallest absolute Gasteiger partial charge is 0.223 e. The zero-order valence-corrected chi connectivity index (χ0v) is 14.1. The Morgan fingerprint density at radius 1 is 1.12 bits per heavy atom. The van der Waals surface area contributed by atoms with Crippen LogP contribution in [0.1, 0.15) is 29.3 Å². The van der Waals surface area contributed by atoms with Crippen molar-refractivity contribution in [3.05, 3.63) is 65.5 Å². The van der Waals surface area contributed by atoms with E-state index in [1.165, 1.54) is 11.1 Å². The van der Waals surface area contributed by atoms with E-state index in [4.69, 9.17) is 4.98 Å². The van der Waals surface area contributed by atoms with Gasteiger partial charge in [-0.25, -0.2) is 4.98 Å². The highest BCUT2D eigenvalue weighted by Crippen LogP contribution is 2.30. The molecule has 1 aromatic heterocycles. The highest BCUT2D eigenvalue weighted by molar-refractivity contribution is 5.80. The average Bonchev–Trinajstić information content (AvgIpc) is 3.11. The molecule has 0 radical (unpaired) electrons. The number of likely N-dealkylation sites (tertiary alicyclic amines) is 1. The Labute approximate surface area is 141 Å². The lowest BCUT2D eigenvalue weighted by Gasteiger charge is -2.15. The summed E-state index contributed by atoms with van der Waals surface area (Å²) in [6.45, 7) is 3.67. The van der Waals surface area contributed by atoms with E-state index >= 15 is 0 Å². The zero-order valence-electron chi connectivity index (χ0n) is 14.1. The highest BCUT2D eigenvalue weighted by Gasteiger charge is 2.31. The van der Waals surface area contributed by atoms with Gasteiger partial charge >= 0.3 is 0 Å². The van der Waals surface area contributed by atoms with E-state index in [-0.39, 0.29) is 11.8 Å². The van der Waals surface area contributed by atoms with Crippen LogP contribution in [-0.4, -0.2) is 34.0 Å². The molecule has 2 heterocycles. The number of aryl methyl sites for hydroxylation is 1. The van der Waals surface area contributed by atoms with E-state index in [1.807, 2.05) is 30.1 Å². The van der Waals surface area contributed by atoms with Crippen molar-refractivity contribution in [2.45, 2.75) is 25.8 Å². The van der Waals surface area contributed by atoms with Gasteiger partial charge in [0.2, 0.25) is 5.91 Å². The first-order chi connectivity index (χ1) is 11.6. The van der Waals surface area contributed by atoms with Gasteiger partial charge in [0.1, 0.15) is 5.82 Å². The lowest BCUT2D eigenvalue weighted by Crippen LogP contribution is -2.19. The molecule has 1 fully saturated rings.